The summed E-state index contributed by atoms with van der Waals surface area (Å²) in [6.45, 7) is 8.08. The van der Waals surface area contributed by atoms with Crippen molar-refractivity contribution in [3.05, 3.63) is 12.7 Å². The molecule has 2 unspecified atom stereocenters. The lowest BCUT2D eigenvalue weighted by atomic mass is 10.0. The van der Waals surface area contributed by atoms with Crippen molar-refractivity contribution >= 4 is 18.3 Å². The summed E-state index contributed by atoms with van der Waals surface area (Å²) in [5.41, 5.74) is 0. The van der Waals surface area contributed by atoms with Gasteiger partial charge in [0.2, 0.25) is 5.91 Å². The monoisotopic (exact) mass is 261 g/mol. The molecule has 1 amide bonds. The van der Waals surface area contributed by atoms with Crippen LogP contribution in [0.4, 0.5) is 0 Å². The van der Waals surface area contributed by atoms with Crippen molar-refractivity contribution in [1.29, 1.82) is 0 Å². The van der Waals surface area contributed by atoms with E-state index in [0.717, 1.165) is 19.5 Å². The number of nitrogens with one attached hydrogen (secondary N) is 2. The van der Waals surface area contributed by atoms with Gasteiger partial charge in [0.05, 0.1) is 6.04 Å². The minimum absolute atomic E-state index is 0. The third kappa shape index (κ3) is 5.06. The highest BCUT2D eigenvalue weighted by molar-refractivity contribution is 5.85. The van der Waals surface area contributed by atoms with E-state index in [1.54, 1.807) is 6.08 Å². The molecule has 2 atom stereocenters. The van der Waals surface area contributed by atoms with Crippen LogP contribution in [0.2, 0.25) is 0 Å². The molecular weight excluding hydrogens is 238 g/mol. The summed E-state index contributed by atoms with van der Waals surface area (Å²) in [5, 5.41) is 6.12. The zero-order valence-electron chi connectivity index (χ0n) is 10.7. The minimum Gasteiger partial charge on any atom is -0.351 e. The van der Waals surface area contributed by atoms with Crippen LogP contribution in [0.1, 0.15) is 19.8 Å². The van der Waals surface area contributed by atoms with Crippen LogP contribution < -0.4 is 10.6 Å². The second-order valence-corrected chi connectivity index (χ2v) is 4.33. The third-order valence-electron chi connectivity index (χ3n) is 3.21. The Bertz CT molecular complexity index is 248. The molecule has 0 aliphatic carbocycles. The number of nitrogens with zero attached hydrogens (tertiary/aromatic N) is 1. The second-order valence-electron chi connectivity index (χ2n) is 4.33. The molecule has 1 heterocycles. The molecule has 0 aromatic carbocycles. The largest absolute Gasteiger partial charge is 0.351 e. The predicted molar refractivity (Wildman–Crippen MR) is 73.6 cm³/mol. The number of carbonyl (C=O) groups excluding carboxylic acids is 1. The van der Waals surface area contributed by atoms with Gasteiger partial charge in [0.25, 0.3) is 0 Å². The molecular formula is C12H24ClN3O. The minimum atomic E-state index is -0.0453. The van der Waals surface area contributed by atoms with Crippen LogP contribution in [0.15, 0.2) is 12.7 Å². The molecule has 0 aromatic rings. The lowest BCUT2D eigenvalue weighted by Crippen LogP contribution is -2.52. The standard InChI is InChI=1S/C12H23N3O.ClH/c1-4-7-14-12(16)10(2)15-8-5-6-11(9-15)13-3;/h4,10-11,13H,1,5-9H2,2-3H3,(H,14,16);1H. The first-order chi connectivity index (χ1) is 7.69. The SMILES string of the molecule is C=CCNC(=O)C(C)N1CCCC(NC)C1.Cl. The van der Waals surface area contributed by atoms with E-state index in [4.69, 9.17) is 0 Å². The normalized spacial score (nSPS) is 22.4. The van der Waals surface area contributed by atoms with Gasteiger partial charge in [-0.3, -0.25) is 9.69 Å². The first kappa shape index (κ1) is 16.4. The molecule has 5 heteroatoms. The molecule has 2 N–H and O–H groups in total. The van der Waals surface area contributed by atoms with Crippen molar-refractivity contribution in [3.8, 4) is 0 Å². The molecule has 1 aliphatic rings. The Morgan fingerprint density at radius 3 is 2.94 bits per heavy atom. The topological polar surface area (TPSA) is 44.4 Å². The average molecular weight is 262 g/mol. The molecule has 4 nitrogen and oxygen atoms in total. The number of likely N-dealkylation sites (tertiary alicyclic amines) is 1. The highest BCUT2D eigenvalue weighted by Crippen LogP contribution is 2.12. The van der Waals surface area contributed by atoms with Gasteiger partial charge in [-0.2, -0.15) is 0 Å². The van der Waals surface area contributed by atoms with E-state index in [-0.39, 0.29) is 24.4 Å². The van der Waals surface area contributed by atoms with Crippen molar-refractivity contribution in [1.82, 2.24) is 15.5 Å². The number of amides is 1. The Hall–Kier alpha value is -0.580. The van der Waals surface area contributed by atoms with Crippen molar-refractivity contribution in [2.24, 2.45) is 0 Å². The molecule has 1 fully saturated rings. The number of hydrogen-bond acceptors (Lipinski definition) is 3. The second kappa shape index (κ2) is 8.50. The Balaban J connectivity index is 0.00000256. The van der Waals surface area contributed by atoms with Crippen LogP contribution in [0.25, 0.3) is 0 Å². The molecule has 0 spiro atoms. The van der Waals surface area contributed by atoms with E-state index in [9.17, 15) is 4.79 Å². The summed E-state index contributed by atoms with van der Waals surface area (Å²) < 4.78 is 0. The molecule has 1 rings (SSSR count). The van der Waals surface area contributed by atoms with Gasteiger partial charge in [-0.15, -0.1) is 19.0 Å². The molecule has 1 aliphatic heterocycles. The average Bonchev–Trinajstić information content (AvgIpc) is 2.35. The summed E-state index contributed by atoms with van der Waals surface area (Å²) in [4.78, 5) is 14.0. The number of piperidine rings is 1. The number of carbonyl (C=O) groups is 1. The van der Waals surface area contributed by atoms with Crippen LogP contribution >= 0.6 is 12.4 Å². The lowest BCUT2D eigenvalue weighted by Gasteiger charge is -2.35. The quantitative estimate of drug-likeness (QED) is 0.719. The van der Waals surface area contributed by atoms with E-state index in [1.165, 1.54) is 6.42 Å². The van der Waals surface area contributed by atoms with Gasteiger partial charge in [0, 0.05) is 19.1 Å². The van der Waals surface area contributed by atoms with Gasteiger partial charge in [-0.25, -0.2) is 0 Å². The summed E-state index contributed by atoms with van der Waals surface area (Å²) >= 11 is 0. The lowest BCUT2D eigenvalue weighted by molar-refractivity contribution is -0.126. The van der Waals surface area contributed by atoms with Crippen molar-refractivity contribution in [3.63, 3.8) is 0 Å². The molecule has 0 radical (unpaired) electrons. The summed E-state index contributed by atoms with van der Waals surface area (Å²) in [5.74, 6) is 0.0941. The number of hydrogen-bond donors (Lipinski definition) is 2. The summed E-state index contributed by atoms with van der Waals surface area (Å²) in [7, 11) is 1.98. The highest BCUT2D eigenvalue weighted by Gasteiger charge is 2.26. The Labute approximate surface area is 110 Å². The number of rotatable bonds is 5. The first-order valence-electron chi connectivity index (χ1n) is 5.99. The van der Waals surface area contributed by atoms with Crippen LogP contribution in [0.3, 0.4) is 0 Å². The maximum atomic E-state index is 11.8. The van der Waals surface area contributed by atoms with Crippen LogP contribution in [0, 0.1) is 0 Å². The number of likely N-dealkylation sites (N-methyl/N-ethyl adjacent to an activating group) is 1. The van der Waals surface area contributed by atoms with E-state index in [1.807, 2.05) is 14.0 Å². The maximum absolute atomic E-state index is 11.8. The van der Waals surface area contributed by atoms with E-state index in [0.29, 0.717) is 12.6 Å². The maximum Gasteiger partial charge on any atom is 0.237 e. The van der Waals surface area contributed by atoms with Gasteiger partial charge >= 0.3 is 0 Å². The summed E-state index contributed by atoms with van der Waals surface area (Å²) in [6, 6.07) is 0.472. The molecule has 1 saturated heterocycles. The van der Waals surface area contributed by atoms with Crippen molar-refractivity contribution < 1.29 is 4.79 Å². The fourth-order valence-corrected chi connectivity index (χ4v) is 2.08. The van der Waals surface area contributed by atoms with Crippen LogP contribution in [-0.4, -0.2) is 49.6 Å². The van der Waals surface area contributed by atoms with E-state index in [2.05, 4.69) is 22.1 Å². The molecule has 0 bridgehead atoms. The number of halogens is 1. The van der Waals surface area contributed by atoms with Crippen molar-refractivity contribution in [2.45, 2.75) is 31.8 Å². The fraction of sp³-hybridized carbons (Fsp3) is 0.750. The van der Waals surface area contributed by atoms with Gasteiger partial charge in [-0.05, 0) is 33.4 Å². The Morgan fingerprint density at radius 1 is 1.65 bits per heavy atom. The first-order valence-corrected chi connectivity index (χ1v) is 5.99. The Kier molecular flexibility index (Phi) is 8.21. The van der Waals surface area contributed by atoms with Crippen molar-refractivity contribution in [2.75, 3.05) is 26.7 Å². The molecule has 17 heavy (non-hydrogen) atoms. The fourth-order valence-electron chi connectivity index (χ4n) is 2.08. The van der Waals surface area contributed by atoms with Crippen LogP contribution in [0.5, 0.6) is 0 Å². The Morgan fingerprint density at radius 2 is 2.35 bits per heavy atom. The summed E-state index contributed by atoms with van der Waals surface area (Å²) in [6.07, 6.45) is 4.07. The molecule has 0 aromatic heterocycles. The van der Waals surface area contributed by atoms with Gasteiger partial charge in [-0.1, -0.05) is 6.08 Å². The zero-order chi connectivity index (χ0) is 12.0. The zero-order valence-corrected chi connectivity index (χ0v) is 11.6. The van der Waals surface area contributed by atoms with E-state index >= 15 is 0 Å². The van der Waals surface area contributed by atoms with Gasteiger partial charge in [0.15, 0.2) is 0 Å². The smallest absolute Gasteiger partial charge is 0.237 e. The van der Waals surface area contributed by atoms with Gasteiger partial charge in [0.1, 0.15) is 0 Å². The third-order valence-corrected chi connectivity index (χ3v) is 3.21. The molecule has 100 valence electrons. The predicted octanol–water partition coefficient (Wildman–Crippen LogP) is 0.783. The van der Waals surface area contributed by atoms with Crippen LogP contribution in [-0.2, 0) is 4.79 Å². The molecule has 0 saturated carbocycles. The van der Waals surface area contributed by atoms with Gasteiger partial charge < -0.3 is 10.6 Å². The van der Waals surface area contributed by atoms with E-state index < -0.39 is 0 Å². The highest BCUT2D eigenvalue weighted by atomic mass is 35.5.